The minimum atomic E-state index is -0.323. The summed E-state index contributed by atoms with van der Waals surface area (Å²) < 4.78 is 0. The normalized spacial score (nSPS) is 15.9. The molecule has 26 heavy (non-hydrogen) atoms. The Hall–Kier alpha value is -2.38. The van der Waals surface area contributed by atoms with Gasteiger partial charge >= 0.3 is 0 Å². The van der Waals surface area contributed by atoms with Gasteiger partial charge in [0.05, 0.1) is 12.2 Å². The molecule has 2 amide bonds. The number of hydrogen-bond donors (Lipinski definition) is 4. The zero-order valence-corrected chi connectivity index (χ0v) is 14.8. The maximum Gasteiger partial charge on any atom is 0.243 e. The average molecular weight is 358 g/mol. The molecular weight excluding hydrogens is 332 g/mol. The summed E-state index contributed by atoms with van der Waals surface area (Å²) in [5, 5.41) is 12.5. The molecule has 0 unspecified atom stereocenters. The molecule has 1 aliphatic rings. The summed E-state index contributed by atoms with van der Waals surface area (Å²) in [6.45, 7) is 2.20. The van der Waals surface area contributed by atoms with E-state index in [-0.39, 0.29) is 11.8 Å². The van der Waals surface area contributed by atoms with Crippen LogP contribution in [0.5, 0.6) is 0 Å². The van der Waals surface area contributed by atoms with Crippen molar-refractivity contribution in [3.05, 3.63) is 30.5 Å². The highest BCUT2D eigenvalue weighted by molar-refractivity contribution is 6.02. The number of fused-ring (bicyclic) bond motifs is 1. The molecule has 2 aromatic rings. The maximum absolute atomic E-state index is 12.3. The Kier molecular flexibility index (Phi) is 6.25. The third-order valence-electron chi connectivity index (χ3n) is 5.08. The third kappa shape index (κ3) is 4.83. The number of nitrogens with zero attached hydrogens (tertiary/aromatic N) is 1. The number of anilines is 1. The topological polar surface area (TPSA) is 97.5 Å². The molecule has 0 saturated carbocycles. The third-order valence-corrected chi connectivity index (χ3v) is 5.08. The Morgan fingerprint density at radius 2 is 1.96 bits per heavy atom. The molecule has 7 heteroatoms. The fraction of sp³-hybridized carbons (Fsp3) is 0.474. The average Bonchev–Trinajstić information content (AvgIpc) is 3.06. The summed E-state index contributed by atoms with van der Waals surface area (Å²) in [6.07, 6.45) is 6.06. The number of benzene rings is 1. The Morgan fingerprint density at radius 1 is 1.19 bits per heavy atom. The second kappa shape index (κ2) is 8.82. The van der Waals surface area contributed by atoms with Crippen molar-refractivity contribution in [2.24, 2.45) is 5.92 Å². The van der Waals surface area contributed by atoms with Gasteiger partial charge in [0.15, 0.2) is 0 Å². The van der Waals surface area contributed by atoms with E-state index >= 15 is 0 Å². The van der Waals surface area contributed by atoms with E-state index in [0.717, 1.165) is 55.4 Å². The summed E-state index contributed by atoms with van der Waals surface area (Å²) >= 11 is 0. The number of aromatic nitrogens is 1. The van der Waals surface area contributed by atoms with E-state index < -0.39 is 0 Å². The molecule has 0 aliphatic carbocycles. The number of para-hydroxylation sites is 1. The van der Waals surface area contributed by atoms with Crippen LogP contribution in [0.2, 0.25) is 0 Å². The van der Waals surface area contributed by atoms with Gasteiger partial charge in [0.2, 0.25) is 11.8 Å². The number of hydrogen-bond acceptors (Lipinski definition) is 4. The molecule has 1 saturated heterocycles. The summed E-state index contributed by atoms with van der Waals surface area (Å²) in [6, 6.07) is 7.90. The number of piperidine rings is 1. The van der Waals surface area contributed by atoms with Gasteiger partial charge in [-0.05, 0) is 50.8 Å². The number of amides is 2. The first-order valence-electron chi connectivity index (χ1n) is 9.17. The predicted molar refractivity (Wildman–Crippen MR) is 99.9 cm³/mol. The molecule has 4 N–H and O–H groups in total. The summed E-state index contributed by atoms with van der Waals surface area (Å²) in [4.78, 5) is 28.7. The highest BCUT2D eigenvalue weighted by Crippen LogP contribution is 2.24. The second-order valence-electron chi connectivity index (χ2n) is 6.94. The van der Waals surface area contributed by atoms with E-state index in [1.165, 1.54) is 0 Å². The highest BCUT2D eigenvalue weighted by atomic mass is 16.5. The monoisotopic (exact) mass is 358 g/mol. The molecule has 0 spiro atoms. The van der Waals surface area contributed by atoms with Gasteiger partial charge in [-0.1, -0.05) is 18.2 Å². The molecule has 1 aliphatic heterocycles. The van der Waals surface area contributed by atoms with Crippen molar-refractivity contribution in [2.75, 3.05) is 25.0 Å². The number of H-pyrrole nitrogens is 1. The van der Waals surface area contributed by atoms with Crippen LogP contribution in [0.15, 0.2) is 30.5 Å². The van der Waals surface area contributed by atoms with Crippen molar-refractivity contribution >= 4 is 28.4 Å². The van der Waals surface area contributed by atoms with Crippen molar-refractivity contribution in [3.8, 4) is 0 Å². The fourth-order valence-electron chi connectivity index (χ4n) is 3.61. The van der Waals surface area contributed by atoms with E-state index in [0.29, 0.717) is 18.9 Å². The zero-order valence-electron chi connectivity index (χ0n) is 14.8. The summed E-state index contributed by atoms with van der Waals surface area (Å²) in [5.41, 5.74) is 3.50. The molecule has 3 rings (SSSR count). The molecule has 140 valence electrons. The first-order valence-corrected chi connectivity index (χ1v) is 9.17. The molecule has 2 heterocycles. The van der Waals surface area contributed by atoms with Crippen molar-refractivity contribution in [2.45, 2.75) is 32.1 Å². The van der Waals surface area contributed by atoms with E-state index in [9.17, 15) is 9.59 Å². The highest BCUT2D eigenvalue weighted by Gasteiger charge is 2.21. The van der Waals surface area contributed by atoms with Crippen LogP contribution < -0.4 is 10.8 Å². The van der Waals surface area contributed by atoms with Gasteiger partial charge in [0.1, 0.15) is 0 Å². The number of carbonyl (C=O) groups is 2. The number of aromatic amines is 1. The van der Waals surface area contributed by atoms with Gasteiger partial charge in [0, 0.05) is 23.5 Å². The Balaban J connectivity index is 1.40. The summed E-state index contributed by atoms with van der Waals surface area (Å²) in [5.74, 6) is 0.277. The second-order valence-corrected chi connectivity index (χ2v) is 6.94. The number of carbonyl (C=O) groups excluding carboxylic acids is 2. The first kappa shape index (κ1) is 18.4. The van der Waals surface area contributed by atoms with Gasteiger partial charge in [-0.25, -0.2) is 5.48 Å². The Morgan fingerprint density at radius 3 is 2.73 bits per heavy atom. The molecule has 0 atom stereocenters. The van der Waals surface area contributed by atoms with E-state index in [1.807, 2.05) is 30.5 Å². The van der Waals surface area contributed by atoms with E-state index in [1.54, 1.807) is 5.48 Å². The fourth-order valence-corrected chi connectivity index (χ4v) is 3.61. The lowest BCUT2D eigenvalue weighted by Crippen LogP contribution is -2.39. The van der Waals surface area contributed by atoms with Crippen molar-refractivity contribution in [1.82, 2.24) is 15.4 Å². The van der Waals surface area contributed by atoms with Crippen LogP contribution in [0, 0.1) is 5.92 Å². The van der Waals surface area contributed by atoms with Gasteiger partial charge in [-0.2, -0.15) is 0 Å². The van der Waals surface area contributed by atoms with Crippen molar-refractivity contribution < 1.29 is 14.8 Å². The molecule has 0 bridgehead atoms. The zero-order chi connectivity index (χ0) is 18.4. The minimum absolute atomic E-state index is 0.00724. The first-order chi connectivity index (χ1) is 12.7. The molecule has 7 nitrogen and oxygen atoms in total. The Bertz CT molecular complexity index is 750. The molecule has 1 aromatic heterocycles. The SMILES string of the molecule is O=C(CCCC1CCN(CC(=O)Nc2c[nH]c3ccccc23)CC1)NO. The molecule has 1 fully saturated rings. The number of nitrogens with one attached hydrogen (secondary N) is 3. The van der Waals surface area contributed by atoms with Gasteiger partial charge in [0.25, 0.3) is 0 Å². The lowest BCUT2D eigenvalue weighted by atomic mass is 9.91. The molecule has 0 radical (unpaired) electrons. The van der Waals surface area contributed by atoms with Crippen LogP contribution in [-0.4, -0.2) is 46.5 Å². The van der Waals surface area contributed by atoms with E-state index in [2.05, 4.69) is 15.2 Å². The number of hydroxylamine groups is 1. The number of likely N-dealkylation sites (tertiary alicyclic amines) is 1. The van der Waals surface area contributed by atoms with Crippen LogP contribution in [0.25, 0.3) is 10.9 Å². The van der Waals surface area contributed by atoms with Gasteiger partial charge < -0.3 is 10.3 Å². The molecule has 1 aromatic carbocycles. The Labute approximate surface area is 152 Å². The van der Waals surface area contributed by atoms with Crippen LogP contribution >= 0.6 is 0 Å². The summed E-state index contributed by atoms with van der Waals surface area (Å²) in [7, 11) is 0. The minimum Gasteiger partial charge on any atom is -0.359 e. The number of rotatable bonds is 7. The lowest BCUT2D eigenvalue weighted by molar-refractivity contribution is -0.129. The largest absolute Gasteiger partial charge is 0.359 e. The van der Waals surface area contributed by atoms with Crippen molar-refractivity contribution in [1.29, 1.82) is 0 Å². The lowest BCUT2D eigenvalue weighted by Gasteiger charge is -2.31. The van der Waals surface area contributed by atoms with Crippen LogP contribution in [-0.2, 0) is 9.59 Å². The van der Waals surface area contributed by atoms with E-state index in [4.69, 9.17) is 5.21 Å². The van der Waals surface area contributed by atoms with Gasteiger partial charge in [-0.15, -0.1) is 0 Å². The van der Waals surface area contributed by atoms with Crippen LogP contribution in [0.1, 0.15) is 32.1 Å². The van der Waals surface area contributed by atoms with Crippen LogP contribution in [0.3, 0.4) is 0 Å². The predicted octanol–water partition coefficient (Wildman–Crippen LogP) is 2.49. The quantitative estimate of drug-likeness (QED) is 0.451. The van der Waals surface area contributed by atoms with Gasteiger partial charge in [-0.3, -0.25) is 19.7 Å². The smallest absolute Gasteiger partial charge is 0.243 e. The van der Waals surface area contributed by atoms with Crippen molar-refractivity contribution in [3.63, 3.8) is 0 Å². The maximum atomic E-state index is 12.3. The van der Waals surface area contributed by atoms with Crippen LogP contribution in [0.4, 0.5) is 5.69 Å². The molecular formula is C19H26N4O3. The standard InChI is InChI=1S/C19H26N4O3/c24-18(22-26)7-3-4-14-8-10-23(11-9-14)13-19(25)21-17-12-20-16-6-2-1-5-15(16)17/h1-2,5-6,12,14,20,26H,3-4,7-11,13H2,(H,21,25)(H,22,24).